The van der Waals surface area contributed by atoms with Crippen LogP contribution in [0.1, 0.15) is 18.4 Å². The summed E-state index contributed by atoms with van der Waals surface area (Å²) in [5.74, 6) is 0.151. The lowest BCUT2D eigenvalue weighted by atomic mass is 10.2. The summed E-state index contributed by atoms with van der Waals surface area (Å²) in [7, 11) is 0. The lowest BCUT2D eigenvalue weighted by Crippen LogP contribution is -1.97. The highest BCUT2D eigenvalue weighted by Gasteiger charge is 2.23. The van der Waals surface area contributed by atoms with Crippen molar-refractivity contribution in [1.29, 1.82) is 0 Å². The van der Waals surface area contributed by atoms with Crippen LogP contribution in [0, 0.1) is 5.82 Å². The van der Waals surface area contributed by atoms with Crippen molar-refractivity contribution in [2.24, 2.45) is 0 Å². The second-order valence-electron chi connectivity index (χ2n) is 3.23. The van der Waals surface area contributed by atoms with Gasteiger partial charge in [-0.15, -0.1) is 0 Å². The van der Waals surface area contributed by atoms with Gasteiger partial charge in [-0.2, -0.15) is 0 Å². The molecule has 1 aromatic carbocycles. The number of halogens is 1. The maximum absolute atomic E-state index is 13.1. The Morgan fingerprint density at radius 3 is 2.77 bits per heavy atom. The first kappa shape index (κ1) is 8.51. The third kappa shape index (κ3) is 1.98. The molecule has 0 aromatic heterocycles. The van der Waals surface area contributed by atoms with Crippen LogP contribution in [0.3, 0.4) is 0 Å². The van der Waals surface area contributed by atoms with Gasteiger partial charge in [0.05, 0.1) is 12.7 Å². The lowest BCUT2D eigenvalue weighted by molar-refractivity contribution is 0.273. The highest BCUT2D eigenvalue weighted by molar-refractivity contribution is 5.29. The van der Waals surface area contributed by atoms with Crippen molar-refractivity contribution in [2.75, 3.05) is 0 Å². The first-order chi connectivity index (χ1) is 6.29. The molecule has 1 aliphatic carbocycles. The Morgan fingerprint density at radius 1 is 1.46 bits per heavy atom. The lowest BCUT2D eigenvalue weighted by Gasteiger charge is -2.05. The third-order valence-corrected chi connectivity index (χ3v) is 2.02. The van der Waals surface area contributed by atoms with Crippen LogP contribution in [0.15, 0.2) is 18.2 Å². The van der Waals surface area contributed by atoms with Gasteiger partial charge < -0.3 is 9.84 Å². The largest absolute Gasteiger partial charge is 0.490 e. The van der Waals surface area contributed by atoms with Gasteiger partial charge >= 0.3 is 0 Å². The minimum Gasteiger partial charge on any atom is -0.490 e. The molecule has 0 atom stereocenters. The summed E-state index contributed by atoms with van der Waals surface area (Å²) in [5.41, 5.74) is 0.308. The molecule has 0 aliphatic heterocycles. The molecular formula is C10H11FO2. The van der Waals surface area contributed by atoms with Gasteiger partial charge in [0.25, 0.3) is 0 Å². The van der Waals surface area contributed by atoms with Crippen molar-refractivity contribution in [3.8, 4) is 5.75 Å². The fourth-order valence-corrected chi connectivity index (χ4v) is 1.11. The molecule has 2 rings (SSSR count). The van der Waals surface area contributed by atoms with Crippen LogP contribution in [-0.2, 0) is 6.61 Å². The van der Waals surface area contributed by atoms with E-state index in [2.05, 4.69) is 0 Å². The Hall–Kier alpha value is -1.09. The number of hydrogen-bond donors (Lipinski definition) is 1. The quantitative estimate of drug-likeness (QED) is 0.773. The molecule has 0 heterocycles. The zero-order valence-corrected chi connectivity index (χ0v) is 7.16. The standard InChI is InChI=1S/C10H11FO2/c11-10-5-9(13-8-3-4-8)2-1-7(10)6-12/h1-2,5,8,12H,3-4,6H2. The molecule has 70 valence electrons. The van der Waals surface area contributed by atoms with Gasteiger partial charge in [-0.1, -0.05) is 6.07 Å². The zero-order valence-electron chi connectivity index (χ0n) is 7.16. The topological polar surface area (TPSA) is 29.5 Å². The fourth-order valence-electron chi connectivity index (χ4n) is 1.11. The predicted molar refractivity (Wildman–Crippen MR) is 46.0 cm³/mol. The number of ether oxygens (including phenoxy) is 1. The van der Waals surface area contributed by atoms with E-state index >= 15 is 0 Å². The summed E-state index contributed by atoms with van der Waals surface area (Å²) in [6.45, 7) is -0.268. The molecule has 0 spiro atoms. The van der Waals surface area contributed by atoms with Crippen LogP contribution in [-0.4, -0.2) is 11.2 Å². The third-order valence-electron chi connectivity index (χ3n) is 2.02. The molecule has 0 amide bonds. The number of aliphatic hydroxyl groups excluding tert-OH is 1. The minimum atomic E-state index is -0.402. The smallest absolute Gasteiger partial charge is 0.132 e. The van der Waals surface area contributed by atoms with E-state index in [0.717, 1.165) is 12.8 Å². The monoisotopic (exact) mass is 182 g/mol. The zero-order chi connectivity index (χ0) is 9.26. The molecule has 2 nitrogen and oxygen atoms in total. The van der Waals surface area contributed by atoms with E-state index < -0.39 is 5.82 Å². The first-order valence-corrected chi connectivity index (χ1v) is 4.35. The average Bonchev–Trinajstić information content (AvgIpc) is 2.89. The highest BCUT2D eigenvalue weighted by Crippen LogP contribution is 2.27. The van der Waals surface area contributed by atoms with Crippen LogP contribution in [0.5, 0.6) is 5.75 Å². The Balaban J connectivity index is 2.13. The van der Waals surface area contributed by atoms with Crippen molar-refractivity contribution in [3.63, 3.8) is 0 Å². The van der Waals surface area contributed by atoms with E-state index in [9.17, 15) is 4.39 Å². The summed E-state index contributed by atoms with van der Waals surface area (Å²) in [6, 6.07) is 4.56. The molecule has 1 N–H and O–H groups in total. The van der Waals surface area contributed by atoms with E-state index in [-0.39, 0.29) is 12.7 Å². The molecule has 0 bridgehead atoms. The van der Waals surface area contributed by atoms with Crippen LogP contribution < -0.4 is 4.74 Å². The molecule has 1 saturated carbocycles. The van der Waals surface area contributed by atoms with E-state index in [4.69, 9.17) is 9.84 Å². The van der Waals surface area contributed by atoms with Gasteiger partial charge in [-0.25, -0.2) is 4.39 Å². The summed E-state index contributed by atoms with van der Waals surface area (Å²) in [5, 5.41) is 8.72. The summed E-state index contributed by atoms with van der Waals surface area (Å²) < 4.78 is 18.5. The van der Waals surface area contributed by atoms with E-state index in [1.165, 1.54) is 6.07 Å². The molecule has 13 heavy (non-hydrogen) atoms. The molecule has 0 saturated heterocycles. The van der Waals surface area contributed by atoms with Gasteiger partial charge in [0.15, 0.2) is 0 Å². The van der Waals surface area contributed by atoms with Crippen LogP contribution in [0.2, 0.25) is 0 Å². The van der Waals surface area contributed by atoms with Gasteiger partial charge in [0, 0.05) is 11.6 Å². The van der Waals surface area contributed by atoms with Gasteiger partial charge in [-0.05, 0) is 18.9 Å². The first-order valence-electron chi connectivity index (χ1n) is 4.35. The number of rotatable bonds is 3. The SMILES string of the molecule is OCc1ccc(OC2CC2)cc1F. The number of aliphatic hydroxyl groups is 1. The Morgan fingerprint density at radius 2 is 2.23 bits per heavy atom. The summed E-state index contributed by atoms with van der Waals surface area (Å²) in [6.07, 6.45) is 2.39. The van der Waals surface area contributed by atoms with E-state index in [0.29, 0.717) is 11.3 Å². The van der Waals surface area contributed by atoms with Crippen molar-refractivity contribution < 1.29 is 14.2 Å². The molecule has 1 fully saturated rings. The second kappa shape index (κ2) is 3.34. The fraction of sp³-hybridized carbons (Fsp3) is 0.400. The maximum Gasteiger partial charge on any atom is 0.132 e. The maximum atomic E-state index is 13.1. The molecule has 1 aromatic rings. The molecule has 1 aliphatic rings. The van der Waals surface area contributed by atoms with E-state index in [1.54, 1.807) is 12.1 Å². The normalized spacial score (nSPS) is 15.8. The Bertz CT molecular complexity index is 308. The molecular weight excluding hydrogens is 171 g/mol. The molecule has 3 heteroatoms. The van der Waals surface area contributed by atoms with Crippen molar-refractivity contribution >= 4 is 0 Å². The van der Waals surface area contributed by atoms with Crippen LogP contribution >= 0.6 is 0 Å². The second-order valence-corrected chi connectivity index (χ2v) is 3.23. The predicted octanol–water partition coefficient (Wildman–Crippen LogP) is 1.86. The van der Waals surface area contributed by atoms with Crippen LogP contribution in [0.25, 0.3) is 0 Å². The Labute approximate surface area is 76.0 Å². The van der Waals surface area contributed by atoms with Crippen molar-refractivity contribution in [1.82, 2.24) is 0 Å². The summed E-state index contributed by atoms with van der Waals surface area (Å²) in [4.78, 5) is 0. The Kier molecular flexibility index (Phi) is 2.19. The van der Waals surface area contributed by atoms with Gasteiger partial charge in [0.2, 0.25) is 0 Å². The number of hydrogen-bond acceptors (Lipinski definition) is 2. The van der Waals surface area contributed by atoms with Crippen molar-refractivity contribution in [2.45, 2.75) is 25.6 Å². The van der Waals surface area contributed by atoms with Gasteiger partial charge in [-0.3, -0.25) is 0 Å². The molecule has 0 radical (unpaired) electrons. The average molecular weight is 182 g/mol. The summed E-state index contributed by atoms with van der Waals surface area (Å²) >= 11 is 0. The van der Waals surface area contributed by atoms with Crippen LogP contribution in [0.4, 0.5) is 4.39 Å². The van der Waals surface area contributed by atoms with Crippen molar-refractivity contribution in [3.05, 3.63) is 29.6 Å². The highest BCUT2D eigenvalue weighted by atomic mass is 19.1. The van der Waals surface area contributed by atoms with E-state index in [1.807, 2.05) is 0 Å². The minimum absolute atomic E-state index is 0.268. The molecule has 0 unspecified atom stereocenters. The van der Waals surface area contributed by atoms with Gasteiger partial charge in [0.1, 0.15) is 11.6 Å². The number of benzene rings is 1.